The van der Waals surface area contributed by atoms with Gasteiger partial charge < -0.3 is 4.74 Å². The Hall–Kier alpha value is -2.09. The van der Waals surface area contributed by atoms with Crippen LogP contribution in [0.25, 0.3) is 0 Å². The Bertz CT molecular complexity index is 761. The lowest BCUT2D eigenvalue weighted by molar-refractivity contribution is 0.304. The predicted molar refractivity (Wildman–Crippen MR) is 150 cm³/mol. The molecule has 34 heavy (non-hydrogen) atoms. The van der Waals surface area contributed by atoms with E-state index in [1.807, 2.05) is 18.3 Å². The second kappa shape index (κ2) is 18.3. The Morgan fingerprint density at radius 2 is 1.15 bits per heavy atom. The van der Waals surface area contributed by atoms with Gasteiger partial charge in [-0.15, -0.1) is 0 Å². The molecule has 0 N–H and O–H groups in total. The minimum absolute atomic E-state index is 0.551. The standard InChI is InChI=1S/C32H49NO/c1-4-5-6-7-8-9-10-11-12-13-14-15-16-17-26-34-32-24-18-29(19-25-32)27-33-31-22-20-30(21-23-31)28(2)3/h18-25,27-28H,4-17,26H2,1-3H3. The Labute approximate surface area is 210 Å². The van der Waals surface area contributed by atoms with E-state index in [0.717, 1.165) is 30.0 Å². The van der Waals surface area contributed by atoms with Crippen molar-refractivity contribution in [1.29, 1.82) is 0 Å². The molecule has 0 unspecified atom stereocenters. The highest BCUT2D eigenvalue weighted by Gasteiger charge is 1.99. The van der Waals surface area contributed by atoms with E-state index in [1.165, 1.54) is 89.0 Å². The number of unbranched alkanes of at least 4 members (excludes halogenated alkanes) is 13. The fraction of sp³-hybridized carbons (Fsp3) is 0.594. The highest BCUT2D eigenvalue weighted by molar-refractivity contribution is 5.82. The molecular formula is C32H49NO. The highest BCUT2D eigenvalue weighted by Crippen LogP contribution is 2.19. The van der Waals surface area contributed by atoms with Crippen LogP contribution in [0.1, 0.15) is 128 Å². The van der Waals surface area contributed by atoms with Gasteiger partial charge in [-0.05, 0) is 59.9 Å². The second-order valence-corrected chi connectivity index (χ2v) is 10.0. The molecule has 0 saturated heterocycles. The number of aliphatic imine (C=N–C) groups is 1. The average Bonchev–Trinajstić information content (AvgIpc) is 2.86. The first-order chi connectivity index (χ1) is 16.7. The summed E-state index contributed by atoms with van der Waals surface area (Å²) in [5, 5.41) is 0. The molecule has 0 fully saturated rings. The van der Waals surface area contributed by atoms with Crippen LogP contribution >= 0.6 is 0 Å². The number of ether oxygens (including phenoxy) is 1. The first kappa shape index (κ1) is 28.1. The van der Waals surface area contributed by atoms with Crippen molar-refractivity contribution in [2.75, 3.05) is 6.61 Å². The van der Waals surface area contributed by atoms with Crippen LogP contribution in [0.3, 0.4) is 0 Å². The van der Waals surface area contributed by atoms with Crippen molar-refractivity contribution in [3.05, 3.63) is 59.7 Å². The molecule has 2 aromatic carbocycles. The second-order valence-electron chi connectivity index (χ2n) is 10.0. The minimum Gasteiger partial charge on any atom is -0.494 e. The molecule has 2 nitrogen and oxygen atoms in total. The van der Waals surface area contributed by atoms with Crippen LogP contribution in [0.4, 0.5) is 5.69 Å². The summed E-state index contributed by atoms with van der Waals surface area (Å²) >= 11 is 0. The SMILES string of the molecule is CCCCCCCCCCCCCCCCOc1ccc(C=Nc2ccc(C(C)C)cc2)cc1. The third kappa shape index (κ3) is 13.0. The Balaban J connectivity index is 1.47. The van der Waals surface area contributed by atoms with E-state index in [9.17, 15) is 0 Å². The molecule has 2 rings (SSSR count). The summed E-state index contributed by atoms with van der Waals surface area (Å²) in [5.74, 6) is 1.50. The Morgan fingerprint density at radius 3 is 1.65 bits per heavy atom. The van der Waals surface area contributed by atoms with Gasteiger partial charge in [0.05, 0.1) is 12.3 Å². The number of hydrogen-bond donors (Lipinski definition) is 0. The van der Waals surface area contributed by atoms with Crippen LogP contribution in [0.5, 0.6) is 5.75 Å². The molecule has 2 aromatic rings. The van der Waals surface area contributed by atoms with Crippen LogP contribution in [0, 0.1) is 0 Å². The van der Waals surface area contributed by atoms with Crippen molar-refractivity contribution in [2.45, 2.75) is 117 Å². The van der Waals surface area contributed by atoms with Gasteiger partial charge in [0.2, 0.25) is 0 Å². The lowest BCUT2D eigenvalue weighted by atomic mass is 10.0. The molecule has 0 aliphatic rings. The van der Waals surface area contributed by atoms with Crippen LogP contribution in [0.2, 0.25) is 0 Å². The topological polar surface area (TPSA) is 21.6 Å². The lowest BCUT2D eigenvalue weighted by Crippen LogP contribution is -1.97. The molecule has 188 valence electrons. The van der Waals surface area contributed by atoms with E-state index >= 15 is 0 Å². The van der Waals surface area contributed by atoms with Crippen LogP contribution < -0.4 is 4.74 Å². The van der Waals surface area contributed by atoms with E-state index < -0.39 is 0 Å². The van der Waals surface area contributed by atoms with Crippen molar-refractivity contribution in [1.82, 2.24) is 0 Å². The third-order valence-corrected chi connectivity index (χ3v) is 6.57. The van der Waals surface area contributed by atoms with Crippen LogP contribution in [-0.2, 0) is 0 Å². The van der Waals surface area contributed by atoms with Crippen molar-refractivity contribution in [2.24, 2.45) is 4.99 Å². The van der Waals surface area contributed by atoms with Gasteiger partial charge in [0.1, 0.15) is 5.75 Å². The van der Waals surface area contributed by atoms with E-state index in [4.69, 9.17) is 4.74 Å². The largest absolute Gasteiger partial charge is 0.494 e. The monoisotopic (exact) mass is 463 g/mol. The molecule has 0 bridgehead atoms. The summed E-state index contributed by atoms with van der Waals surface area (Å²) in [6, 6.07) is 16.7. The molecule has 0 aliphatic carbocycles. The molecule has 0 aliphatic heterocycles. The van der Waals surface area contributed by atoms with Crippen molar-refractivity contribution < 1.29 is 4.74 Å². The van der Waals surface area contributed by atoms with Crippen LogP contribution in [-0.4, -0.2) is 12.8 Å². The summed E-state index contributed by atoms with van der Waals surface area (Å²) in [4.78, 5) is 4.59. The number of benzene rings is 2. The summed E-state index contributed by atoms with van der Waals surface area (Å²) < 4.78 is 5.92. The molecule has 0 heterocycles. The maximum atomic E-state index is 5.92. The van der Waals surface area contributed by atoms with E-state index in [-0.39, 0.29) is 0 Å². The average molecular weight is 464 g/mol. The molecule has 0 radical (unpaired) electrons. The van der Waals surface area contributed by atoms with Gasteiger partial charge in [-0.2, -0.15) is 0 Å². The fourth-order valence-electron chi connectivity index (χ4n) is 4.23. The zero-order valence-corrected chi connectivity index (χ0v) is 22.2. The lowest BCUT2D eigenvalue weighted by Gasteiger charge is -2.07. The summed E-state index contributed by atoms with van der Waals surface area (Å²) in [6.07, 6.45) is 21.3. The molecule has 0 amide bonds. The molecule has 0 spiro atoms. The summed E-state index contributed by atoms with van der Waals surface area (Å²) in [5.41, 5.74) is 3.43. The maximum absolute atomic E-state index is 5.92. The van der Waals surface area contributed by atoms with E-state index in [0.29, 0.717) is 5.92 Å². The third-order valence-electron chi connectivity index (χ3n) is 6.57. The fourth-order valence-corrected chi connectivity index (χ4v) is 4.23. The van der Waals surface area contributed by atoms with Gasteiger partial charge in [0.15, 0.2) is 0 Å². The van der Waals surface area contributed by atoms with Crippen molar-refractivity contribution in [3.63, 3.8) is 0 Å². The normalized spacial score (nSPS) is 11.5. The summed E-state index contributed by atoms with van der Waals surface area (Å²) in [6.45, 7) is 7.52. The van der Waals surface area contributed by atoms with E-state index in [1.54, 1.807) is 0 Å². The Kier molecular flexibility index (Phi) is 15.1. The molecular weight excluding hydrogens is 414 g/mol. The van der Waals surface area contributed by atoms with Crippen molar-refractivity contribution >= 4 is 11.9 Å². The zero-order chi connectivity index (χ0) is 24.3. The van der Waals surface area contributed by atoms with Crippen molar-refractivity contribution in [3.8, 4) is 5.75 Å². The number of hydrogen-bond acceptors (Lipinski definition) is 2. The number of nitrogens with zero attached hydrogens (tertiary/aromatic N) is 1. The quantitative estimate of drug-likeness (QED) is 0.150. The van der Waals surface area contributed by atoms with Gasteiger partial charge in [0, 0.05) is 6.21 Å². The molecule has 0 aromatic heterocycles. The molecule has 0 atom stereocenters. The predicted octanol–water partition coefficient (Wildman–Crippen LogP) is 10.4. The van der Waals surface area contributed by atoms with Crippen LogP contribution in [0.15, 0.2) is 53.5 Å². The Morgan fingerprint density at radius 1 is 0.647 bits per heavy atom. The minimum atomic E-state index is 0.551. The van der Waals surface area contributed by atoms with Gasteiger partial charge in [-0.3, -0.25) is 4.99 Å². The van der Waals surface area contributed by atoms with E-state index in [2.05, 4.69) is 62.2 Å². The molecule has 2 heteroatoms. The van der Waals surface area contributed by atoms with Gasteiger partial charge in [-0.1, -0.05) is 116 Å². The first-order valence-corrected chi connectivity index (χ1v) is 14.1. The highest BCUT2D eigenvalue weighted by atomic mass is 16.5. The first-order valence-electron chi connectivity index (χ1n) is 14.1. The zero-order valence-electron chi connectivity index (χ0n) is 22.2. The number of rotatable bonds is 19. The van der Waals surface area contributed by atoms with Gasteiger partial charge >= 0.3 is 0 Å². The summed E-state index contributed by atoms with van der Waals surface area (Å²) in [7, 11) is 0. The van der Waals surface area contributed by atoms with Gasteiger partial charge in [0.25, 0.3) is 0 Å². The van der Waals surface area contributed by atoms with Gasteiger partial charge in [-0.25, -0.2) is 0 Å². The maximum Gasteiger partial charge on any atom is 0.119 e. The molecule has 0 saturated carbocycles. The smallest absolute Gasteiger partial charge is 0.119 e.